The van der Waals surface area contributed by atoms with Crippen molar-refractivity contribution in [1.29, 1.82) is 0 Å². The van der Waals surface area contributed by atoms with E-state index in [1.807, 2.05) is 4.90 Å². The molecular weight excluding hydrogens is 220 g/mol. The van der Waals surface area contributed by atoms with Crippen LogP contribution in [0.15, 0.2) is 0 Å². The van der Waals surface area contributed by atoms with E-state index < -0.39 is 0 Å². The molecule has 1 heterocycles. The third-order valence-corrected chi connectivity index (χ3v) is 2.85. The Morgan fingerprint density at radius 1 is 1.06 bits per heavy atom. The van der Waals surface area contributed by atoms with Gasteiger partial charge in [0.15, 0.2) is 0 Å². The highest BCUT2D eigenvalue weighted by atomic mass is 16.5. The average Bonchev–Trinajstić information content (AvgIpc) is 2.23. The molecule has 0 aromatic heterocycles. The van der Waals surface area contributed by atoms with Crippen LogP contribution in [-0.4, -0.2) is 43.0 Å². The summed E-state index contributed by atoms with van der Waals surface area (Å²) in [5.74, 6) is -0.0998. The van der Waals surface area contributed by atoms with Crippen LogP contribution < -0.4 is 5.73 Å². The fourth-order valence-corrected chi connectivity index (χ4v) is 1.91. The van der Waals surface area contributed by atoms with Crippen molar-refractivity contribution >= 4 is 11.8 Å². The van der Waals surface area contributed by atoms with Crippen LogP contribution in [0.3, 0.4) is 0 Å². The van der Waals surface area contributed by atoms with Gasteiger partial charge < -0.3 is 15.4 Å². The maximum atomic E-state index is 11.9. The standard InChI is InChI=1S/C12H22N2O3/c13-11(15)5-1-2-6-12(16)14-7-3-9-17-10-4-8-14/h1-10H2,(H2,13,15). The van der Waals surface area contributed by atoms with E-state index in [0.717, 1.165) is 45.6 Å². The monoisotopic (exact) mass is 242 g/mol. The predicted octanol–water partition coefficient (Wildman–Crippen LogP) is 0.671. The molecule has 1 aliphatic rings. The third kappa shape index (κ3) is 6.26. The second-order valence-corrected chi connectivity index (χ2v) is 4.37. The molecule has 5 heteroatoms. The second-order valence-electron chi connectivity index (χ2n) is 4.37. The Balaban J connectivity index is 2.18. The van der Waals surface area contributed by atoms with E-state index in [2.05, 4.69) is 0 Å². The fraction of sp³-hybridized carbons (Fsp3) is 0.833. The quantitative estimate of drug-likeness (QED) is 0.720. The predicted molar refractivity (Wildman–Crippen MR) is 64.3 cm³/mol. The first-order valence-corrected chi connectivity index (χ1v) is 6.34. The normalized spacial score (nSPS) is 17.3. The van der Waals surface area contributed by atoms with Crippen molar-refractivity contribution in [2.24, 2.45) is 5.73 Å². The molecule has 1 aliphatic heterocycles. The molecule has 0 aromatic rings. The van der Waals surface area contributed by atoms with Gasteiger partial charge in [0.25, 0.3) is 0 Å². The summed E-state index contributed by atoms with van der Waals surface area (Å²) in [7, 11) is 0. The zero-order chi connectivity index (χ0) is 12.5. The van der Waals surface area contributed by atoms with Gasteiger partial charge in [-0.05, 0) is 25.7 Å². The van der Waals surface area contributed by atoms with E-state index >= 15 is 0 Å². The summed E-state index contributed by atoms with van der Waals surface area (Å²) in [6.07, 6.45) is 4.17. The molecule has 5 nitrogen and oxygen atoms in total. The third-order valence-electron chi connectivity index (χ3n) is 2.85. The number of carbonyl (C=O) groups excluding carboxylic acids is 2. The molecule has 0 spiro atoms. The van der Waals surface area contributed by atoms with E-state index in [9.17, 15) is 9.59 Å². The molecule has 2 N–H and O–H groups in total. The molecule has 1 fully saturated rings. The van der Waals surface area contributed by atoms with E-state index in [1.54, 1.807) is 0 Å². The van der Waals surface area contributed by atoms with Crippen molar-refractivity contribution in [3.05, 3.63) is 0 Å². The van der Waals surface area contributed by atoms with Crippen LogP contribution >= 0.6 is 0 Å². The summed E-state index contributed by atoms with van der Waals surface area (Å²) in [5, 5.41) is 0. The number of amides is 2. The van der Waals surface area contributed by atoms with Crippen molar-refractivity contribution in [2.75, 3.05) is 26.3 Å². The van der Waals surface area contributed by atoms with E-state index in [1.165, 1.54) is 0 Å². The molecule has 0 unspecified atom stereocenters. The summed E-state index contributed by atoms with van der Waals surface area (Å²) in [5.41, 5.74) is 5.04. The van der Waals surface area contributed by atoms with Gasteiger partial charge >= 0.3 is 0 Å². The van der Waals surface area contributed by atoms with Gasteiger partial charge in [0, 0.05) is 39.1 Å². The van der Waals surface area contributed by atoms with Crippen molar-refractivity contribution < 1.29 is 14.3 Å². The zero-order valence-electron chi connectivity index (χ0n) is 10.3. The lowest BCUT2D eigenvalue weighted by Crippen LogP contribution is -2.35. The maximum Gasteiger partial charge on any atom is 0.222 e. The Bertz CT molecular complexity index is 248. The number of nitrogens with zero attached hydrogens (tertiary/aromatic N) is 1. The largest absolute Gasteiger partial charge is 0.381 e. The van der Waals surface area contributed by atoms with Crippen LogP contribution in [-0.2, 0) is 14.3 Å². The maximum absolute atomic E-state index is 11.9. The smallest absolute Gasteiger partial charge is 0.222 e. The van der Waals surface area contributed by atoms with Gasteiger partial charge in [-0.25, -0.2) is 0 Å². The summed E-state index contributed by atoms with van der Waals surface area (Å²) in [6.45, 7) is 3.06. The number of primary amides is 1. The Hall–Kier alpha value is -1.10. The Kier molecular flexibility index (Phi) is 6.62. The topological polar surface area (TPSA) is 72.6 Å². The fourth-order valence-electron chi connectivity index (χ4n) is 1.91. The van der Waals surface area contributed by atoms with Crippen molar-refractivity contribution in [2.45, 2.75) is 38.5 Å². The van der Waals surface area contributed by atoms with Crippen LogP contribution in [0.4, 0.5) is 0 Å². The molecule has 0 bridgehead atoms. The van der Waals surface area contributed by atoms with Gasteiger partial charge in [-0.15, -0.1) is 0 Å². The van der Waals surface area contributed by atoms with Crippen LogP contribution in [0.1, 0.15) is 38.5 Å². The molecule has 0 saturated carbocycles. The number of hydrogen-bond acceptors (Lipinski definition) is 3. The highest BCUT2D eigenvalue weighted by molar-refractivity contribution is 5.76. The van der Waals surface area contributed by atoms with E-state index in [0.29, 0.717) is 19.3 Å². The highest BCUT2D eigenvalue weighted by Crippen LogP contribution is 2.07. The van der Waals surface area contributed by atoms with Gasteiger partial charge in [0.1, 0.15) is 0 Å². The first-order valence-electron chi connectivity index (χ1n) is 6.34. The Labute approximate surface area is 102 Å². The number of ether oxygens (including phenoxy) is 1. The molecule has 1 saturated heterocycles. The molecule has 2 amide bonds. The molecular formula is C12H22N2O3. The number of rotatable bonds is 5. The van der Waals surface area contributed by atoms with Gasteiger partial charge in [-0.1, -0.05) is 0 Å². The molecule has 0 atom stereocenters. The first-order chi connectivity index (χ1) is 8.20. The molecule has 1 rings (SSSR count). The number of nitrogens with two attached hydrogens (primary N) is 1. The average molecular weight is 242 g/mol. The summed E-state index contributed by atoms with van der Waals surface area (Å²) in [6, 6.07) is 0. The summed E-state index contributed by atoms with van der Waals surface area (Å²) in [4.78, 5) is 24.3. The lowest BCUT2D eigenvalue weighted by atomic mass is 10.1. The number of hydrogen-bond donors (Lipinski definition) is 1. The second kappa shape index (κ2) is 8.06. The van der Waals surface area contributed by atoms with E-state index in [-0.39, 0.29) is 11.8 Å². The van der Waals surface area contributed by atoms with Crippen molar-refractivity contribution in [3.63, 3.8) is 0 Å². The Morgan fingerprint density at radius 2 is 1.65 bits per heavy atom. The minimum atomic E-state index is -0.291. The van der Waals surface area contributed by atoms with Gasteiger partial charge in [0.2, 0.25) is 11.8 Å². The molecule has 0 aliphatic carbocycles. The van der Waals surface area contributed by atoms with Crippen LogP contribution in [0, 0.1) is 0 Å². The number of unbranched alkanes of at least 4 members (excludes halogenated alkanes) is 1. The van der Waals surface area contributed by atoms with Crippen molar-refractivity contribution in [3.8, 4) is 0 Å². The van der Waals surface area contributed by atoms with Crippen LogP contribution in [0.2, 0.25) is 0 Å². The van der Waals surface area contributed by atoms with Gasteiger partial charge in [-0.3, -0.25) is 9.59 Å². The summed E-state index contributed by atoms with van der Waals surface area (Å²) >= 11 is 0. The molecule has 0 radical (unpaired) electrons. The van der Waals surface area contributed by atoms with Crippen LogP contribution in [0.25, 0.3) is 0 Å². The highest BCUT2D eigenvalue weighted by Gasteiger charge is 2.14. The lowest BCUT2D eigenvalue weighted by molar-refractivity contribution is -0.132. The Morgan fingerprint density at radius 3 is 2.24 bits per heavy atom. The van der Waals surface area contributed by atoms with Crippen molar-refractivity contribution in [1.82, 2.24) is 4.90 Å². The molecule has 17 heavy (non-hydrogen) atoms. The SMILES string of the molecule is NC(=O)CCCCC(=O)N1CCCOCCC1. The van der Waals surface area contributed by atoms with E-state index in [4.69, 9.17) is 10.5 Å². The molecule has 0 aromatic carbocycles. The minimum Gasteiger partial charge on any atom is -0.381 e. The lowest BCUT2D eigenvalue weighted by Gasteiger charge is -2.24. The van der Waals surface area contributed by atoms with Crippen LogP contribution in [0.5, 0.6) is 0 Å². The molecule has 98 valence electrons. The first kappa shape index (κ1) is 14.0. The van der Waals surface area contributed by atoms with Gasteiger partial charge in [-0.2, -0.15) is 0 Å². The number of carbonyl (C=O) groups is 2. The summed E-state index contributed by atoms with van der Waals surface area (Å²) < 4.78 is 5.34. The zero-order valence-corrected chi connectivity index (χ0v) is 10.3. The van der Waals surface area contributed by atoms with Gasteiger partial charge in [0.05, 0.1) is 0 Å². The minimum absolute atomic E-state index is 0.191.